The number of amides is 1. The van der Waals surface area contributed by atoms with E-state index in [2.05, 4.69) is 37.2 Å². The summed E-state index contributed by atoms with van der Waals surface area (Å²) in [6.07, 6.45) is 1.37. The topological polar surface area (TPSA) is 61.4 Å². The van der Waals surface area contributed by atoms with Crippen molar-refractivity contribution in [3.63, 3.8) is 0 Å². The molecule has 6 nitrogen and oxygen atoms in total. The van der Waals surface area contributed by atoms with Gasteiger partial charge in [0, 0.05) is 43.5 Å². The highest BCUT2D eigenvalue weighted by atomic mass is 19.2. The molecule has 29 heavy (non-hydrogen) atoms. The second kappa shape index (κ2) is 8.22. The molecule has 0 radical (unpaired) electrons. The van der Waals surface area contributed by atoms with Crippen molar-refractivity contribution in [1.29, 1.82) is 0 Å². The average molecular weight is 395 g/mol. The Morgan fingerprint density at radius 2 is 1.59 bits per heavy atom. The maximum Gasteiger partial charge on any atom is 0.256 e. The zero-order chi connectivity index (χ0) is 20.2. The van der Waals surface area contributed by atoms with Crippen LogP contribution in [0.2, 0.25) is 0 Å². The number of hydrogen-bond donors (Lipinski definition) is 1. The smallest absolute Gasteiger partial charge is 0.256 e. The predicted octanol–water partition coefficient (Wildman–Crippen LogP) is 3.33. The van der Waals surface area contributed by atoms with Gasteiger partial charge in [0.2, 0.25) is 0 Å². The molecule has 2 heterocycles. The van der Waals surface area contributed by atoms with Crippen LogP contribution in [0.3, 0.4) is 0 Å². The maximum atomic E-state index is 13.3. The number of hydrogen-bond acceptors (Lipinski definition) is 5. The molecule has 1 N–H and O–H groups in total. The summed E-state index contributed by atoms with van der Waals surface area (Å²) in [6.45, 7) is 3.26. The van der Waals surface area contributed by atoms with E-state index < -0.39 is 17.5 Å². The Hall–Kier alpha value is -3.55. The molecular weight excluding hydrogens is 376 g/mol. The third-order valence-corrected chi connectivity index (χ3v) is 4.80. The van der Waals surface area contributed by atoms with Gasteiger partial charge in [-0.2, -0.15) is 0 Å². The van der Waals surface area contributed by atoms with Gasteiger partial charge >= 0.3 is 0 Å². The Morgan fingerprint density at radius 3 is 2.31 bits per heavy atom. The Labute approximate surface area is 166 Å². The molecule has 8 heteroatoms. The number of nitrogens with one attached hydrogen (secondary N) is 1. The molecule has 1 amide bonds. The summed E-state index contributed by atoms with van der Waals surface area (Å²) in [5, 5.41) is 2.60. The van der Waals surface area contributed by atoms with Gasteiger partial charge in [-0.1, -0.05) is 18.2 Å². The predicted molar refractivity (Wildman–Crippen MR) is 107 cm³/mol. The van der Waals surface area contributed by atoms with Crippen LogP contribution in [-0.2, 0) is 0 Å². The fraction of sp³-hybridized carbons (Fsp3) is 0.190. The van der Waals surface area contributed by atoms with Gasteiger partial charge in [0.1, 0.15) is 18.0 Å². The van der Waals surface area contributed by atoms with E-state index in [-0.39, 0.29) is 5.56 Å². The Bertz CT molecular complexity index is 1010. The summed E-state index contributed by atoms with van der Waals surface area (Å²) in [5.41, 5.74) is 1.20. The fourth-order valence-corrected chi connectivity index (χ4v) is 3.25. The number of rotatable bonds is 4. The number of para-hydroxylation sites is 1. The molecule has 0 saturated carbocycles. The summed E-state index contributed by atoms with van der Waals surface area (Å²) in [5.74, 6) is -1.64. The van der Waals surface area contributed by atoms with Crippen LogP contribution in [0.15, 0.2) is 60.9 Å². The van der Waals surface area contributed by atoms with E-state index in [1.54, 1.807) is 6.07 Å². The second-order valence-corrected chi connectivity index (χ2v) is 6.65. The molecule has 1 aliphatic rings. The van der Waals surface area contributed by atoms with Crippen LogP contribution in [-0.4, -0.2) is 42.1 Å². The van der Waals surface area contributed by atoms with Crippen molar-refractivity contribution in [1.82, 2.24) is 9.97 Å². The Balaban J connectivity index is 1.41. The van der Waals surface area contributed by atoms with E-state index in [0.29, 0.717) is 11.6 Å². The highest BCUT2D eigenvalue weighted by molar-refractivity contribution is 6.03. The van der Waals surface area contributed by atoms with Crippen LogP contribution in [0.4, 0.5) is 26.1 Å². The molecule has 1 aromatic heterocycles. The Morgan fingerprint density at radius 1 is 0.862 bits per heavy atom. The highest BCUT2D eigenvalue weighted by Gasteiger charge is 2.19. The summed E-state index contributed by atoms with van der Waals surface area (Å²) >= 11 is 0. The van der Waals surface area contributed by atoms with E-state index in [1.165, 1.54) is 18.1 Å². The normalized spacial score (nSPS) is 14.0. The van der Waals surface area contributed by atoms with Crippen molar-refractivity contribution in [2.24, 2.45) is 0 Å². The number of nitrogens with zero attached hydrogens (tertiary/aromatic N) is 4. The van der Waals surface area contributed by atoms with Crippen molar-refractivity contribution in [2.45, 2.75) is 0 Å². The van der Waals surface area contributed by atoms with E-state index in [4.69, 9.17) is 0 Å². The number of aromatic nitrogens is 2. The molecule has 0 aliphatic carbocycles. The molecular formula is C21H19F2N5O. The van der Waals surface area contributed by atoms with Crippen molar-refractivity contribution >= 4 is 23.2 Å². The van der Waals surface area contributed by atoms with E-state index in [9.17, 15) is 13.6 Å². The molecule has 2 aromatic carbocycles. The number of benzene rings is 2. The number of carbonyl (C=O) groups is 1. The first-order chi connectivity index (χ1) is 14.1. The van der Waals surface area contributed by atoms with Crippen LogP contribution < -0.4 is 15.1 Å². The number of halogens is 2. The first kappa shape index (κ1) is 18.8. The SMILES string of the molecule is O=C(Nc1cc(N2CCN(c3ccccc3)CC2)ncn1)c1ccc(F)c(F)c1. The lowest BCUT2D eigenvalue weighted by atomic mass is 10.2. The van der Waals surface area contributed by atoms with Crippen LogP contribution >= 0.6 is 0 Å². The molecule has 148 valence electrons. The zero-order valence-electron chi connectivity index (χ0n) is 15.6. The van der Waals surface area contributed by atoms with Crippen molar-refractivity contribution in [3.8, 4) is 0 Å². The van der Waals surface area contributed by atoms with Crippen LogP contribution in [0, 0.1) is 11.6 Å². The molecule has 1 saturated heterocycles. The lowest BCUT2D eigenvalue weighted by molar-refractivity contribution is 0.102. The third kappa shape index (κ3) is 4.31. The van der Waals surface area contributed by atoms with Gasteiger partial charge in [-0.25, -0.2) is 18.7 Å². The molecule has 1 aliphatic heterocycles. The molecule has 1 fully saturated rings. The van der Waals surface area contributed by atoms with Crippen molar-refractivity contribution in [2.75, 3.05) is 41.3 Å². The summed E-state index contributed by atoms with van der Waals surface area (Å²) in [6, 6.07) is 14.9. The van der Waals surface area contributed by atoms with Gasteiger partial charge in [-0.15, -0.1) is 0 Å². The summed E-state index contributed by atoms with van der Waals surface area (Å²) in [7, 11) is 0. The Kier molecular flexibility index (Phi) is 5.33. The average Bonchev–Trinajstić information content (AvgIpc) is 2.76. The molecule has 4 rings (SSSR count). The van der Waals surface area contributed by atoms with Gasteiger partial charge < -0.3 is 15.1 Å². The van der Waals surface area contributed by atoms with Gasteiger partial charge in [0.15, 0.2) is 11.6 Å². The molecule has 0 spiro atoms. The molecule has 0 bridgehead atoms. The lowest BCUT2D eigenvalue weighted by Crippen LogP contribution is -2.46. The molecule has 0 unspecified atom stereocenters. The monoisotopic (exact) mass is 395 g/mol. The van der Waals surface area contributed by atoms with E-state index in [1.807, 2.05) is 18.2 Å². The molecule has 3 aromatic rings. The van der Waals surface area contributed by atoms with Crippen LogP contribution in [0.5, 0.6) is 0 Å². The van der Waals surface area contributed by atoms with E-state index in [0.717, 1.165) is 38.3 Å². The fourth-order valence-electron chi connectivity index (χ4n) is 3.25. The quantitative estimate of drug-likeness (QED) is 0.734. The minimum absolute atomic E-state index is 0.0144. The number of carbonyl (C=O) groups excluding carboxylic acids is 1. The van der Waals surface area contributed by atoms with Gasteiger partial charge in [0.05, 0.1) is 0 Å². The van der Waals surface area contributed by atoms with Crippen LogP contribution in [0.1, 0.15) is 10.4 Å². The number of piperazine rings is 1. The van der Waals surface area contributed by atoms with Crippen molar-refractivity contribution < 1.29 is 13.6 Å². The van der Waals surface area contributed by atoms with Gasteiger partial charge in [-0.05, 0) is 30.3 Å². The largest absolute Gasteiger partial charge is 0.368 e. The first-order valence-electron chi connectivity index (χ1n) is 9.23. The third-order valence-electron chi connectivity index (χ3n) is 4.80. The van der Waals surface area contributed by atoms with Gasteiger partial charge in [0.25, 0.3) is 5.91 Å². The minimum atomic E-state index is -1.07. The maximum absolute atomic E-state index is 13.3. The summed E-state index contributed by atoms with van der Waals surface area (Å²) in [4.78, 5) is 25.1. The van der Waals surface area contributed by atoms with E-state index >= 15 is 0 Å². The second-order valence-electron chi connectivity index (χ2n) is 6.65. The standard InChI is InChI=1S/C21H19F2N5O/c22-17-7-6-15(12-18(17)23)21(29)26-19-13-20(25-14-24-19)28-10-8-27(9-11-28)16-4-2-1-3-5-16/h1-7,12-14H,8-11H2,(H,24,25,26,29). The molecule has 0 atom stereocenters. The highest BCUT2D eigenvalue weighted by Crippen LogP contribution is 2.20. The first-order valence-corrected chi connectivity index (χ1v) is 9.23. The zero-order valence-corrected chi connectivity index (χ0v) is 15.6. The van der Waals surface area contributed by atoms with Crippen LogP contribution in [0.25, 0.3) is 0 Å². The van der Waals surface area contributed by atoms with Crippen molar-refractivity contribution in [3.05, 3.63) is 78.1 Å². The van der Waals surface area contributed by atoms with Gasteiger partial charge in [-0.3, -0.25) is 4.79 Å². The number of anilines is 3. The minimum Gasteiger partial charge on any atom is -0.368 e. The summed E-state index contributed by atoms with van der Waals surface area (Å²) < 4.78 is 26.4. The lowest BCUT2D eigenvalue weighted by Gasteiger charge is -2.36.